The minimum Gasteiger partial charge on any atom is -0.353 e. The van der Waals surface area contributed by atoms with Gasteiger partial charge in [-0.1, -0.05) is 25.8 Å². The molecule has 1 unspecified atom stereocenters. The topological polar surface area (TPSA) is 41.1 Å². The maximum atomic E-state index is 11.3. The average Bonchev–Trinajstić information content (AvgIpc) is 2.15. The summed E-state index contributed by atoms with van der Waals surface area (Å²) in [6.07, 6.45) is 5.15. The summed E-state index contributed by atoms with van der Waals surface area (Å²) in [5, 5.41) is 5.90. The van der Waals surface area contributed by atoms with Crippen LogP contribution in [-0.4, -0.2) is 25.0 Å². The van der Waals surface area contributed by atoms with Crippen LogP contribution in [-0.2, 0) is 4.79 Å². The van der Waals surface area contributed by atoms with Crippen LogP contribution in [0.1, 0.15) is 33.1 Å². The van der Waals surface area contributed by atoms with E-state index in [1.54, 1.807) is 6.08 Å². The number of carbonyl (C=O) groups is 1. The summed E-state index contributed by atoms with van der Waals surface area (Å²) >= 11 is 0. The number of hydrogen-bond acceptors (Lipinski definition) is 2. The number of carbonyl (C=O) groups excluding carboxylic acids is 1. The monoisotopic (exact) mass is 198 g/mol. The van der Waals surface area contributed by atoms with E-state index in [2.05, 4.69) is 24.1 Å². The van der Waals surface area contributed by atoms with E-state index in [-0.39, 0.29) is 11.9 Å². The van der Waals surface area contributed by atoms with Crippen LogP contribution in [0.25, 0.3) is 0 Å². The lowest BCUT2D eigenvalue weighted by molar-refractivity contribution is -0.120. The Morgan fingerprint density at radius 2 is 2.29 bits per heavy atom. The second kappa shape index (κ2) is 8.75. The molecule has 1 atom stereocenters. The van der Waals surface area contributed by atoms with Crippen molar-refractivity contribution in [2.45, 2.75) is 39.2 Å². The third kappa shape index (κ3) is 7.80. The molecular weight excluding hydrogens is 176 g/mol. The molecule has 0 aliphatic rings. The van der Waals surface area contributed by atoms with Gasteiger partial charge in [0, 0.05) is 12.6 Å². The van der Waals surface area contributed by atoms with Crippen molar-refractivity contribution < 1.29 is 4.79 Å². The molecule has 0 saturated heterocycles. The Labute approximate surface area is 87.0 Å². The Kier molecular flexibility index (Phi) is 8.24. The normalized spacial score (nSPS) is 12.1. The van der Waals surface area contributed by atoms with Crippen LogP contribution >= 0.6 is 0 Å². The van der Waals surface area contributed by atoms with Gasteiger partial charge in [-0.2, -0.15) is 0 Å². The van der Waals surface area contributed by atoms with Gasteiger partial charge < -0.3 is 10.6 Å². The average molecular weight is 198 g/mol. The third-order valence-electron chi connectivity index (χ3n) is 1.97. The number of rotatable bonds is 8. The molecule has 0 saturated carbocycles. The lowest BCUT2D eigenvalue weighted by Gasteiger charge is -2.13. The molecule has 3 nitrogen and oxygen atoms in total. The van der Waals surface area contributed by atoms with Crippen LogP contribution in [0.15, 0.2) is 12.7 Å². The van der Waals surface area contributed by atoms with E-state index >= 15 is 0 Å². The quantitative estimate of drug-likeness (QED) is 0.458. The van der Waals surface area contributed by atoms with Gasteiger partial charge in [-0.25, -0.2) is 0 Å². The molecule has 0 heterocycles. The summed E-state index contributed by atoms with van der Waals surface area (Å²) < 4.78 is 0. The molecule has 0 aliphatic heterocycles. The first kappa shape index (κ1) is 13.2. The number of nitrogens with one attached hydrogen (secondary N) is 2. The highest BCUT2D eigenvalue weighted by atomic mass is 16.1. The van der Waals surface area contributed by atoms with Crippen LogP contribution in [0.5, 0.6) is 0 Å². The van der Waals surface area contributed by atoms with Crippen molar-refractivity contribution in [3.05, 3.63) is 12.7 Å². The Hall–Kier alpha value is -0.830. The van der Waals surface area contributed by atoms with Gasteiger partial charge in [0.05, 0.1) is 6.54 Å². The fourth-order valence-corrected chi connectivity index (χ4v) is 1.20. The maximum absolute atomic E-state index is 11.3. The van der Waals surface area contributed by atoms with Crippen molar-refractivity contribution in [3.8, 4) is 0 Å². The summed E-state index contributed by atoms with van der Waals surface area (Å²) in [5.41, 5.74) is 0. The Morgan fingerprint density at radius 1 is 1.57 bits per heavy atom. The van der Waals surface area contributed by atoms with Gasteiger partial charge in [-0.15, -0.1) is 6.58 Å². The van der Waals surface area contributed by atoms with Gasteiger partial charge in [0.25, 0.3) is 0 Å². The van der Waals surface area contributed by atoms with Gasteiger partial charge in [-0.3, -0.25) is 4.79 Å². The molecule has 0 aromatic rings. The van der Waals surface area contributed by atoms with Crippen molar-refractivity contribution >= 4 is 5.91 Å². The summed E-state index contributed by atoms with van der Waals surface area (Å²) in [6, 6.07) is 0.285. The first-order valence-corrected chi connectivity index (χ1v) is 5.31. The minimum atomic E-state index is 0.0652. The van der Waals surface area contributed by atoms with Crippen molar-refractivity contribution in [1.82, 2.24) is 10.6 Å². The maximum Gasteiger partial charge on any atom is 0.234 e. The molecule has 0 spiro atoms. The number of amides is 1. The highest BCUT2D eigenvalue weighted by Crippen LogP contribution is 1.98. The molecule has 0 fully saturated rings. The molecule has 0 aromatic heterocycles. The van der Waals surface area contributed by atoms with E-state index in [9.17, 15) is 4.79 Å². The summed E-state index contributed by atoms with van der Waals surface area (Å²) in [4.78, 5) is 11.3. The molecule has 82 valence electrons. The summed E-state index contributed by atoms with van der Waals surface area (Å²) in [7, 11) is 0. The third-order valence-corrected chi connectivity index (χ3v) is 1.97. The Bertz CT molecular complexity index is 169. The number of hydrogen-bond donors (Lipinski definition) is 2. The van der Waals surface area contributed by atoms with Crippen LogP contribution in [0.3, 0.4) is 0 Å². The molecule has 0 bridgehead atoms. The Morgan fingerprint density at radius 3 is 2.86 bits per heavy atom. The van der Waals surface area contributed by atoms with Crippen LogP contribution in [0.4, 0.5) is 0 Å². The minimum absolute atomic E-state index is 0.0652. The zero-order chi connectivity index (χ0) is 10.8. The molecule has 0 rings (SSSR count). The SMILES string of the molecule is C=CCNCC(=O)NC(C)CCCC. The Balaban J connectivity index is 3.44. The smallest absolute Gasteiger partial charge is 0.234 e. The van der Waals surface area contributed by atoms with Crippen molar-refractivity contribution in [1.29, 1.82) is 0 Å². The van der Waals surface area contributed by atoms with Crippen LogP contribution in [0.2, 0.25) is 0 Å². The summed E-state index contributed by atoms with van der Waals surface area (Å²) in [5.74, 6) is 0.0652. The highest BCUT2D eigenvalue weighted by Gasteiger charge is 2.05. The highest BCUT2D eigenvalue weighted by molar-refractivity contribution is 5.78. The zero-order valence-electron chi connectivity index (χ0n) is 9.31. The lowest BCUT2D eigenvalue weighted by atomic mass is 10.1. The predicted molar refractivity (Wildman–Crippen MR) is 60.2 cm³/mol. The largest absolute Gasteiger partial charge is 0.353 e. The molecular formula is C11H22N2O. The van der Waals surface area contributed by atoms with Gasteiger partial charge in [0.2, 0.25) is 5.91 Å². The van der Waals surface area contributed by atoms with Gasteiger partial charge in [-0.05, 0) is 13.3 Å². The predicted octanol–water partition coefficient (Wildman–Crippen LogP) is 1.46. The molecule has 1 amide bonds. The first-order chi connectivity index (χ1) is 6.70. The fourth-order valence-electron chi connectivity index (χ4n) is 1.20. The van der Waals surface area contributed by atoms with E-state index in [4.69, 9.17) is 0 Å². The standard InChI is InChI=1S/C11H22N2O/c1-4-6-7-10(3)13-11(14)9-12-8-5-2/h5,10,12H,2,4,6-9H2,1,3H3,(H,13,14). The van der Waals surface area contributed by atoms with Crippen molar-refractivity contribution in [2.24, 2.45) is 0 Å². The van der Waals surface area contributed by atoms with Gasteiger partial charge in [0.15, 0.2) is 0 Å². The molecule has 0 aliphatic carbocycles. The molecule has 0 radical (unpaired) electrons. The van der Waals surface area contributed by atoms with E-state index in [0.29, 0.717) is 13.1 Å². The molecule has 0 aromatic carbocycles. The van der Waals surface area contributed by atoms with Gasteiger partial charge >= 0.3 is 0 Å². The summed E-state index contributed by atoms with van der Waals surface area (Å²) in [6.45, 7) is 8.82. The van der Waals surface area contributed by atoms with Crippen molar-refractivity contribution in [2.75, 3.05) is 13.1 Å². The van der Waals surface area contributed by atoms with E-state index in [1.165, 1.54) is 12.8 Å². The first-order valence-electron chi connectivity index (χ1n) is 5.31. The molecule has 14 heavy (non-hydrogen) atoms. The lowest BCUT2D eigenvalue weighted by Crippen LogP contribution is -2.39. The van der Waals surface area contributed by atoms with Crippen molar-refractivity contribution in [3.63, 3.8) is 0 Å². The van der Waals surface area contributed by atoms with E-state index in [1.807, 2.05) is 6.92 Å². The number of unbranched alkanes of at least 4 members (excludes halogenated alkanes) is 1. The fraction of sp³-hybridized carbons (Fsp3) is 0.727. The molecule has 2 N–H and O–H groups in total. The second-order valence-electron chi connectivity index (χ2n) is 3.53. The van der Waals surface area contributed by atoms with Gasteiger partial charge in [0.1, 0.15) is 0 Å². The molecule has 3 heteroatoms. The van der Waals surface area contributed by atoms with Crippen LogP contribution in [0, 0.1) is 0 Å². The zero-order valence-corrected chi connectivity index (χ0v) is 9.31. The second-order valence-corrected chi connectivity index (χ2v) is 3.53. The van der Waals surface area contributed by atoms with E-state index in [0.717, 1.165) is 6.42 Å². The van der Waals surface area contributed by atoms with E-state index < -0.39 is 0 Å². The van der Waals surface area contributed by atoms with Crippen LogP contribution < -0.4 is 10.6 Å².